The number of piperazine rings is 1. The van der Waals surface area contributed by atoms with E-state index in [9.17, 15) is 14.4 Å². The van der Waals surface area contributed by atoms with Crippen molar-refractivity contribution < 1.29 is 19.5 Å². The predicted molar refractivity (Wildman–Crippen MR) is 91.6 cm³/mol. The molecule has 2 N–H and O–H groups in total. The highest BCUT2D eigenvalue weighted by Gasteiger charge is 2.50. The molecule has 0 aromatic heterocycles. The Kier molecular flexibility index (Phi) is 5.18. The van der Waals surface area contributed by atoms with Crippen LogP contribution in [0, 0.1) is 0 Å². The molecule has 1 saturated carbocycles. The summed E-state index contributed by atoms with van der Waals surface area (Å²) in [5.41, 5.74) is 0.179. The average Bonchev–Trinajstić information content (AvgIpc) is 2.62. The molecular formula is C19H24N2O4. The Labute approximate surface area is 147 Å². The fourth-order valence-electron chi connectivity index (χ4n) is 3.90. The molecule has 1 aliphatic heterocycles. The molecule has 1 atom stereocenters. The van der Waals surface area contributed by atoms with Gasteiger partial charge in [-0.1, -0.05) is 49.6 Å². The maximum Gasteiger partial charge on any atom is 0.303 e. The summed E-state index contributed by atoms with van der Waals surface area (Å²) in [5.74, 6) is -1.40. The van der Waals surface area contributed by atoms with E-state index in [0.717, 1.165) is 24.8 Å². The smallest absolute Gasteiger partial charge is 0.303 e. The largest absolute Gasteiger partial charge is 0.481 e. The monoisotopic (exact) mass is 344 g/mol. The van der Waals surface area contributed by atoms with Crippen LogP contribution in [-0.2, 0) is 20.9 Å². The van der Waals surface area contributed by atoms with Crippen molar-refractivity contribution >= 4 is 17.8 Å². The van der Waals surface area contributed by atoms with Crippen LogP contribution in [0.3, 0.4) is 0 Å². The molecule has 1 aromatic carbocycles. The minimum absolute atomic E-state index is 0.0904. The first kappa shape index (κ1) is 17.6. The topological polar surface area (TPSA) is 86.7 Å². The summed E-state index contributed by atoms with van der Waals surface area (Å²) in [4.78, 5) is 38.2. The second kappa shape index (κ2) is 7.35. The van der Waals surface area contributed by atoms with Crippen LogP contribution in [0.5, 0.6) is 0 Å². The van der Waals surface area contributed by atoms with Crippen molar-refractivity contribution in [2.45, 2.75) is 63.1 Å². The van der Waals surface area contributed by atoms with E-state index in [1.54, 1.807) is 0 Å². The molecule has 0 bridgehead atoms. The molecule has 0 radical (unpaired) electrons. The number of carboxylic acids is 1. The number of nitrogens with zero attached hydrogens (tertiary/aromatic N) is 1. The number of carbonyl (C=O) groups is 3. The first-order valence-corrected chi connectivity index (χ1v) is 8.91. The van der Waals surface area contributed by atoms with Gasteiger partial charge in [-0.2, -0.15) is 0 Å². The number of amides is 2. The third-order valence-electron chi connectivity index (χ3n) is 5.21. The molecule has 1 spiro atoms. The zero-order valence-electron chi connectivity index (χ0n) is 14.2. The Bertz CT molecular complexity index is 653. The first-order chi connectivity index (χ1) is 12.0. The van der Waals surface area contributed by atoms with Gasteiger partial charge in [0.15, 0.2) is 0 Å². The number of benzene rings is 1. The Morgan fingerprint density at radius 3 is 2.48 bits per heavy atom. The van der Waals surface area contributed by atoms with E-state index < -0.39 is 17.6 Å². The minimum Gasteiger partial charge on any atom is -0.481 e. The summed E-state index contributed by atoms with van der Waals surface area (Å²) in [6.07, 6.45) is 4.49. The summed E-state index contributed by atoms with van der Waals surface area (Å²) in [6.45, 7) is 0.242. The predicted octanol–water partition coefficient (Wildman–Crippen LogP) is 2.08. The van der Waals surface area contributed by atoms with E-state index in [1.807, 2.05) is 30.3 Å². The zero-order chi connectivity index (χ0) is 17.9. The molecule has 25 heavy (non-hydrogen) atoms. The van der Waals surface area contributed by atoms with Crippen molar-refractivity contribution in [3.05, 3.63) is 35.9 Å². The molecule has 6 heteroatoms. The zero-order valence-corrected chi connectivity index (χ0v) is 14.2. The van der Waals surface area contributed by atoms with Crippen molar-refractivity contribution in [1.29, 1.82) is 0 Å². The summed E-state index contributed by atoms with van der Waals surface area (Å²) in [7, 11) is 0. The van der Waals surface area contributed by atoms with Crippen LogP contribution in [0.15, 0.2) is 30.3 Å². The molecule has 134 valence electrons. The van der Waals surface area contributed by atoms with Crippen LogP contribution in [-0.4, -0.2) is 39.4 Å². The highest BCUT2D eigenvalue weighted by Crippen LogP contribution is 2.34. The molecule has 3 rings (SSSR count). The van der Waals surface area contributed by atoms with Gasteiger partial charge in [-0.25, -0.2) is 0 Å². The lowest BCUT2D eigenvalue weighted by atomic mass is 9.78. The second-order valence-corrected chi connectivity index (χ2v) is 6.99. The van der Waals surface area contributed by atoms with Crippen molar-refractivity contribution in [2.75, 3.05) is 0 Å². The number of carboxylic acid groups (broad SMARTS) is 1. The molecule has 1 aromatic rings. The summed E-state index contributed by atoms with van der Waals surface area (Å²) >= 11 is 0. The van der Waals surface area contributed by atoms with Gasteiger partial charge in [-0.15, -0.1) is 0 Å². The van der Waals surface area contributed by atoms with E-state index in [2.05, 4.69) is 5.32 Å². The molecule has 1 aliphatic carbocycles. The van der Waals surface area contributed by atoms with Gasteiger partial charge in [0.1, 0.15) is 0 Å². The normalized spacial score (nSPS) is 23.0. The fourth-order valence-corrected chi connectivity index (χ4v) is 3.90. The summed E-state index contributed by atoms with van der Waals surface area (Å²) in [5, 5.41) is 12.2. The Hall–Kier alpha value is -2.21. The summed E-state index contributed by atoms with van der Waals surface area (Å²) in [6, 6.07) is 8.82. The molecule has 2 aliphatic rings. The Balaban J connectivity index is 1.86. The molecule has 1 heterocycles. The number of carbonyl (C=O) groups excluding carboxylic acids is 2. The van der Waals surface area contributed by atoms with Gasteiger partial charge in [-0.05, 0) is 24.8 Å². The van der Waals surface area contributed by atoms with Crippen LogP contribution in [0.2, 0.25) is 0 Å². The number of nitrogens with one attached hydrogen (secondary N) is 1. The van der Waals surface area contributed by atoms with Crippen LogP contribution in [0.4, 0.5) is 0 Å². The number of hydrogen-bond acceptors (Lipinski definition) is 4. The maximum atomic E-state index is 13.1. The number of rotatable bonds is 5. The van der Waals surface area contributed by atoms with Crippen LogP contribution in [0.1, 0.15) is 50.5 Å². The first-order valence-electron chi connectivity index (χ1n) is 8.91. The lowest BCUT2D eigenvalue weighted by molar-refractivity contribution is -0.159. The molecule has 2 fully saturated rings. The van der Waals surface area contributed by atoms with Gasteiger partial charge in [0, 0.05) is 6.42 Å². The third kappa shape index (κ3) is 3.74. The third-order valence-corrected chi connectivity index (χ3v) is 5.21. The van der Waals surface area contributed by atoms with E-state index in [0.29, 0.717) is 12.8 Å². The van der Waals surface area contributed by atoms with E-state index in [1.165, 1.54) is 4.90 Å². The molecule has 1 saturated heterocycles. The van der Waals surface area contributed by atoms with Gasteiger partial charge in [-0.3, -0.25) is 24.6 Å². The van der Waals surface area contributed by atoms with Crippen LogP contribution in [0.25, 0.3) is 0 Å². The number of imide groups is 1. The lowest BCUT2D eigenvalue weighted by Gasteiger charge is -2.47. The fraction of sp³-hybridized carbons (Fsp3) is 0.526. The average molecular weight is 344 g/mol. The highest BCUT2D eigenvalue weighted by molar-refractivity contribution is 6.05. The second-order valence-electron chi connectivity index (χ2n) is 6.99. The van der Waals surface area contributed by atoms with E-state index >= 15 is 0 Å². The van der Waals surface area contributed by atoms with Crippen LogP contribution < -0.4 is 5.32 Å². The summed E-state index contributed by atoms with van der Waals surface area (Å²) < 4.78 is 0. The van der Waals surface area contributed by atoms with Gasteiger partial charge in [0.25, 0.3) is 0 Å². The molecule has 2 amide bonds. The Morgan fingerprint density at radius 2 is 1.84 bits per heavy atom. The van der Waals surface area contributed by atoms with Crippen molar-refractivity contribution in [1.82, 2.24) is 10.2 Å². The number of hydrogen-bond donors (Lipinski definition) is 2. The maximum absolute atomic E-state index is 13.1. The SMILES string of the molecule is O=C(O)CC[C@@H]1NC2(CCCCC2)C(=O)N(Cc2ccccc2)C1=O. The molecule has 6 nitrogen and oxygen atoms in total. The Morgan fingerprint density at radius 1 is 1.16 bits per heavy atom. The standard InChI is InChI=1S/C19H24N2O4/c22-16(23)10-9-15-17(24)21(13-14-7-3-1-4-8-14)18(25)19(20-15)11-5-2-6-12-19/h1,3-4,7-8,15,20H,2,5-6,9-13H2,(H,22,23)/t15-/m0/s1. The van der Waals surface area contributed by atoms with Crippen molar-refractivity contribution in [3.8, 4) is 0 Å². The highest BCUT2D eigenvalue weighted by atomic mass is 16.4. The van der Waals surface area contributed by atoms with Gasteiger partial charge >= 0.3 is 5.97 Å². The van der Waals surface area contributed by atoms with Gasteiger partial charge in [0.05, 0.1) is 18.1 Å². The lowest BCUT2D eigenvalue weighted by Crippen LogP contribution is -2.70. The van der Waals surface area contributed by atoms with Crippen LogP contribution >= 0.6 is 0 Å². The molecular weight excluding hydrogens is 320 g/mol. The van der Waals surface area contributed by atoms with E-state index in [4.69, 9.17) is 5.11 Å². The van der Waals surface area contributed by atoms with Crippen molar-refractivity contribution in [2.24, 2.45) is 0 Å². The van der Waals surface area contributed by atoms with Gasteiger partial charge < -0.3 is 5.11 Å². The van der Waals surface area contributed by atoms with Crippen molar-refractivity contribution in [3.63, 3.8) is 0 Å². The molecule has 0 unspecified atom stereocenters. The quantitative estimate of drug-likeness (QED) is 0.799. The number of aliphatic carboxylic acids is 1. The minimum atomic E-state index is -0.932. The van der Waals surface area contributed by atoms with E-state index in [-0.39, 0.29) is 31.2 Å². The van der Waals surface area contributed by atoms with Gasteiger partial charge in [0.2, 0.25) is 11.8 Å².